The second kappa shape index (κ2) is 10.6. The lowest BCUT2D eigenvalue weighted by Gasteiger charge is -2.19. The number of nitrogens with one attached hydrogen (secondary N) is 3. The second-order valence-corrected chi connectivity index (χ2v) is 10.8. The van der Waals surface area contributed by atoms with Crippen molar-refractivity contribution in [2.24, 2.45) is 7.05 Å². The Balaban J connectivity index is 1.30. The number of hydrogen-bond donors (Lipinski definition) is 3. The summed E-state index contributed by atoms with van der Waals surface area (Å²) in [6, 6.07) is 21.0. The first-order valence-electron chi connectivity index (χ1n) is 12.0. The van der Waals surface area contributed by atoms with Crippen molar-refractivity contribution in [3.05, 3.63) is 90.4 Å². The number of anilines is 6. The summed E-state index contributed by atoms with van der Waals surface area (Å²) in [6.45, 7) is 0.526. The van der Waals surface area contributed by atoms with Crippen LogP contribution in [-0.2, 0) is 23.6 Å². The number of aromatic nitrogens is 4. The Morgan fingerprint density at radius 3 is 2.38 bits per heavy atom. The summed E-state index contributed by atoms with van der Waals surface area (Å²) >= 11 is 0. The summed E-state index contributed by atoms with van der Waals surface area (Å²) in [4.78, 5) is 15.6. The first-order valence-corrected chi connectivity index (χ1v) is 13.9. The van der Waals surface area contributed by atoms with Crippen LogP contribution < -0.4 is 20.3 Å². The van der Waals surface area contributed by atoms with Crippen LogP contribution >= 0.6 is 0 Å². The molecule has 2 aromatic heterocycles. The van der Waals surface area contributed by atoms with Crippen molar-refractivity contribution in [2.45, 2.75) is 6.54 Å². The smallest absolute Gasteiger partial charge is 0.229 e. The standard InChI is InChI=1S/C27H27FN8O2S/c1-35(25-14-15-29-26(33-25)31-20-8-10-21(11-9-20)34-39(3,37)38)22-12-13-24-23(16-22)32-27(36(24)2)30-17-18-4-6-19(28)7-5-18/h4-16,34H,17H2,1-3H3,(H,30,32)(H,29,31,33). The van der Waals surface area contributed by atoms with E-state index in [1.54, 1.807) is 42.6 Å². The van der Waals surface area contributed by atoms with Gasteiger partial charge in [-0.1, -0.05) is 12.1 Å². The van der Waals surface area contributed by atoms with Gasteiger partial charge in [0.15, 0.2) is 0 Å². The molecule has 0 fully saturated rings. The maximum absolute atomic E-state index is 13.2. The number of benzene rings is 3. The molecule has 0 aliphatic rings. The molecule has 0 aliphatic heterocycles. The van der Waals surface area contributed by atoms with Gasteiger partial charge in [-0.2, -0.15) is 4.98 Å². The average molecular weight is 547 g/mol. The zero-order chi connectivity index (χ0) is 27.6. The van der Waals surface area contributed by atoms with E-state index in [0.29, 0.717) is 35.6 Å². The first kappa shape index (κ1) is 25.9. The van der Waals surface area contributed by atoms with Gasteiger partial charge in [-0.25, -0.2) is 22.8 Å². The molecule has 0 saturated heterocycles. The van der Waals surface area contributed by atoms with Crippen molar-refractivity contribution in [1.82, 2.24) is 19.5 Å². The molecule has 0 amide bonds. The van der Waals surface area contributed by atoms with Crippen molar-refractivity contribution < 1.29 is 12.8 Å². The largest absolute Gasteiger partial charge is 0.352 e. The number of halogens is 1. The average Bonchev–Trinajstić information content (AvgIpc) is 3.23. The number of nitrogens with zero attached hydrogens (tertiary/aromatic N) is 5. The fourth-order valence-corrected chi connectivity index (χ4v) is 4.60. The van der Waals surface area contributed by atoms with E-state index in [-0.39, 0.29) is 5.82 Å². The number of hydrogen-bond acceptors (Lipinski definition) is 8. The maximum atomic E-state index is 13.2. The van der Waals surface area contributed by atoms with E-state index in [4.69, 9.17) is 4.98 Å². The highest BCUT2D eigenvalue weighted by molar-refractivity contribution is 7.92. The third kappa shape index (κ3) is 6.24. The van der Waals surface area contributed by atoms with E-state index < -0.39 is 10.0 Å². The highest BCUT2D eigenvalue weighted by atomic mass is 32.2. The summed E-state index contributed by atoms with van der Waals surface area (Å²) in [7, 11) is 0.512. The minimum Gasteiger partial charge on any atom is -0.352 e. The molecule has 39 heavy (non-hydrogen) atoms. The normalized spacial score (nSPS) is 11.4. The highest BCUT2D eigenvalue weighted by Gasteiger charge is 2.13. The van der Waals surface area contributed by atoms with Gasteiger partial charge in [0.1, 0.15) is 11.6 Å². The molecule has 2 heterocycles. The summed E-state index contributed by atoms with van der Waals surface area (Å²) < 4.78 is 40.4. The number of aryl methyl sites for hydroxylation is 1. The molecular formula is C27H27FN8O2S. The van der Waals surface area contributed by atoms with Gasteiger partial charge in [0, 0.05) is 43.9 Å². The lowest BCUT2D eigenvalue weighted by molar-refractivity contribution is 0.607. The molecule has 0 bridgehead atoms. The highest BCUT2D eigenvalue weighted by Crippen LogP contribution is 2.28. The fraction of sp³-hybridized carbons (Fsp3) is 0.148. The van der Waals surface area contributed by atoms with Gasteiger partial charge in [-0.05, 0) is 66.2 Å². The monoisotopic (exact) mass is 546 g/mol. The zero-order valence-corrected chi connectivity index (χ0v) is 22.4. The van der Waals surface area contributed by atoms with Crippen LogP contribution in [0.15, 0.2) is 79.0 Å². The fourth-order valence-electron chi connectivity index (χ4n) is 4.03. The Morgan fingerprint density at radius 1 is 0.949 bits per heavy atom. The van der Waals surface area contributed by atoms with Crippen LogP contribution in [0, 0.1) is 5.82 Å². The molecule has 3 N–H and O–H groups in total. The molecular weight excluding hydrogens is 519 g/mol. The van der Waals surface area contributed by atoms with Gasteiger partial charge >= 0.3 is 0 Å². The van der Waals surface area contributed by atoms with Crippen molar-refractivity contribution in [3.63, 3.8) is 0 Å². The van der Waals surface area contributed by atoms with Crippen molar-refractivity contribution in [2.75, 3.05) is 33.6 Å². The molecule has 12 heteroatoms. The van der Waals surface area contributed by atoms with Crippen LogP contribution in [0.5, 0.6) is 0 Å². The SMILES string of the molecule is CN(c1ccc2c(c1)nc(NCc1ccc(F)cc1)n2C)c1ccnc(Nc2ccc(NS(C)(=O)=O)cc2)n1. The summed E-state index contributed by atoms with van der Waals surface area (Å²) in [5.41, 5.74) is 4.82. The van der Waals surface area contributed by atoms with Crippen LogP contribution in [0.2, 0.25) is 0 Å². The molecule has 0 unspecified atom stereocenters. The molecule has 0 radical (unpaired) electrons. The van der Waals surface area contributed by atoms with E-state index in [9.17, 15) is 12.8 Å². The third-order valence-corrected chi connectivity index (χ3v) is 6.65. The minimum absolute atomic E-state index is 0.261. The number of imidazole rings is 1. The summed E-state index contributed by atoms with van der Waals surface area (Å²) in [5, 5.41) is 6.46. The Bertz CT molecular complexity index is 1720. The second-order valence-electron chi connectivity index (χ2n) is 9.02. The quantitative estimate of drug-likeness (QED) is 0.237. The molecule has 5 aromatic rings. The number of fused-ring (bicyclic) bond motifs is 1. The first-order chi connectivity index (χ1) is 18.6. The Hall–Kier alpha value is -4.71. The topological polar surface area (TPSA) is 117 Å². The van der Waals surface area contributed by atoms with Gasteiger partial charge in [-0.3, -0.25) is 4.72 Å². The van der Waals surface area contributed by atoms with Crippen molar-refractivity contribution >= 4 is 55.8 Å². The molecule has 0 spiro atoms. The van der Waals surface area contributed by atoms with Crippen molar-refractivity contribution in [1.29, 1.82) is 0 Å². The van der Waals surface area contributed by atoms with E-state index in [1.165, 1.54) is 12.1 Å². The minimum atomic E-state index is -3.34. The molecule has 10 nitrogen and oxygen atoms in total. The van der Waals surface area contributed by atoms with Gasteiger partial charge in [0.2, 0.25) is 21.9 Å². The van der Waals surface area contributed by atoms with Crippen LogP contribution in [0.25, 0.3) is 11.0 Å². The summed E-state index contributed by atoms with van der Waals surface area (Å²) in [5.74, 6) is 1.52. The third-order valence-electron chi connectivity index (χ3n) is 6.04. The molecule has 3 aromatic carbocycles. The summed E-state index contributed by atoms with van der Waals surface area (Å²) in [6.07, 6.45) is 2.77. The Labute approximate surface area is 225 Å². The van der Waals surface area contributed by atoms with Gasteiger partial charge < -0.3 is 20.1 Å². The molecule has 0 aliphatic carbocycles. The molecule has 0 saturated carbocycles. The number of sulfonamides is 1. The van der Waals surface area contributed by atoms with E-state index in [0.717, 1.165) is 28.5 Å². The van der Waals surface area contributed by atoms with E-state index in [2.05, 4.69) is 25.3 Å². The van der Waals surface area contributed by atoms with Crippen LogP contribution in [0.3, 0.4) is 0 Å². The predicted molar refractivity (Wildman–Crippen MR) is 153 cm³/mol. The molecule has 5 rings (SSSR count). The van der Waals surface area contributed by atoms with Crippen molar-refractivity contribution in [3.8, 4) is 0 Å². The Morgan fingerprint density at radius 2 is 1.67 bits per heavy atom. The van der Waals surface area contributed by atoms with Crippen LogP contribution in [-0.4, -0.2) is 41.2 Å². The lowest BCUT2D eigenvalue weighted by atomic mass is 10.2. The number of rotatable bonds is 9. The van der Waals surface area contributed by atoms with Gasteiger partial charge in [-0.15, -0.1) is 0 Å². The Kier molecular flexibility index (Phi) is 7.03. The lowest BCUT2D eigenvalue weighted by Crippen LogP contribution is -2.12. The van der Waals surface area contributed by atoms with Crippen LogP contribution in [0.4, 0.5) is 39.2 Å². The molecule has 0 atom stereocenters. The zero-order valence-electron chi connectivity index (χ0n) is 21.6. The van der Waals surface area contributed by atoms with E-state index in [1.807, 2.05) is 47.8 Å². The maximum Gasteiger partial charge on any atom is 0.229 e. The molecule has 200 valence electrons. The van der Waals surface area contributed by atoms with Gasteiger partial charge in [0.05, 0.1) is 17.3 Å². The van der Waals surface area contributed by atoms with Crippen LogP contribution in [0.1, 0.15) is 5.56 Å². The van der Waals surface area contributed by atoms with E-state index >= 15 is 0 Å². The predicted octanol–water partition coefficient (Wildman–Crippen LogP) is 5.00. The van der Waals surface area contributed by atoms with Gasteiger partial charge in [0.25, 0.3) is 0 Å².